The van der Waals surface area contributed by atoms with Crippen molar-refractivity contribution in [2.24, 2.45) is 0 Å². The minimum Gasteiger partial charge on any atom is -0.454 e. The highest BCUT2D eigenvalue weighted by molar-refractivity contribution is 5.55. The van der Waals surface area contributed by atoms with Gasteiger partial charge in [0, 0.05) is 37.4 Å². The van der Waals surface area contributed by atoms with Crippen molar-refractivity contribution >= 4 is 0 Å². The number of imidazole rings is 2. The fourth-order valence-corrected chi connectivity index (χ4v) is 2.65. The van der Waals surface area contributed by atoms with Crippen molar-refractivity contribution in [2.45, 2.75) is 19.9 Å². The van der Waals surface area contributed by atoms with Crippen molar-refractivity contribution in [1.82, 2.24) is 19.1 Å². The summed E-state index contributed by atoms with van der Waals surface area (Å²) in [5, 5.41) is 0. The Morgan fingerprint density at radius 1 is 1.05 bits per heavy atom. The van der Waals surface area contributed by atoms with E-state index >= 15 is 0 Å². The van der Waals surface area contributed by atoms with Crippen molar-refractivity contribution in [3.05, 3.63) is 43.0 Å². The van der Waals surface area contributed by atoms with Crippen LogP contribution >= 0.6 is 0 Å². The predicted molar refractivity (Wildman–Crippen MR) is 81.2 cm³/mol. The van der Waals surface area contributed by atoms with Crippen LogP contribution < -0.4 is 9.47 Å². The number of hydrogen-bond acceptors (Lipinski definition) is 4. The van der Waals surface area contributed by atoms with Crippen LogP contribution in [-0.4, -0.2) is 25.9 Å². The second-order valence-corrected chi connectivity index (χ2v) is 5.10. The Morgan fingerprint density at radius 2 is 1.86 bits per heavy atom. The molecule has 3 heterocycles. The molecule has 0 fully saturated rings. The van der Waals surface area contributed by atoms with Gasteiger partial charge in [0.1, 0.15) is 0 Å². The first kappa shape index (κ1) is 12.9. The number of aryl methyl sites for hydroxylation is 1. The molecule has 0 aliphatic carbocycles. The molecule has 1 aliphatic rings. The maximum absolute atomic E-state index is 5.45. The van der Waals surface area contributed by atoms with Crippen molar-refractivity contribution < 1.29 is 9.47 Å². The van der Waals surface area contributed by atoms with Gasteiger partial charge in [-0.1, -0.05) is 6.92 Å². The largest absolute Gasteiger partial charge is 0.454 e. The molecule has 1 aliphatic heterocycles. The summed E-state index contributed by atoms with van der Waals surface area (Å²) in [6.45, 7) is 3.34. The number of aromatic nitrogens is 4. The van der Waals surface area contributed by atoms with E-state index in [2.05, 4.69) is 21.5 Å². The van der Waals surface area contributed by atoms with Crippen molar-refractivity contribution in [1.29, 1.82) is 0 Å². The van der Waals surface area contributed by atoms with Crippen molar-refractivity contribution in [3.63, 3.8) is 0 Å². The van der Waals surface area contributed by atoms with Gasteiger partial charge in [0.2, 0.25) is 6.79 Å². The lowest BCUT2D eigenvalue weighted by atomic mass is 10.2. The topological polar surface area (TPSA) is 54.1 Å². The van der Waals surface area contributed by atoms with E-state index in [0.717, 1.165) is 41.8 Å². The van der Waals surface area contributed by atoms with E-state index in [4.69, 9.17) is 9.47 Å². The van der Waals surface area contributed by atoms with Gasteiger partial charge in [0.05, 0.1) is 5.69 Å². The summed E-state index contributed by atoms with van der Waals surface area (Å²) in [6, 6.07) is 5.87. The minimum absolute atomic E-state index is 0.274. The Hall–Kier alpha value is -2.76. The number of nitrogens with zero attached hydrogens (tertiary/aromatic N) is 4. The van der Waals surface area contributed by atoms with Gasteiger partial charge in [-0.2, -0.15) is 0 Å². The molecule has 0 spiro atoms. The molecule has 0 amide bonds. The smallest absolute Gasteiger partial charge is 0.231 e. The molecule has 22 heavy (non-hydrogen) atoms. The molecular formula is C16H16N4O2. The van der Waals surface area contributed by atoms with Crippen molar-refractivity contribution in [3.8, 4) is 28.8 Å². The maximum atomic E-state index is 5.45. The molecule has 6 nitrogen and oxygen atoms in total. The summed E-state index contributed by atoms with van der Waals surface area (Å²) in [7, 11) is 0. The third-order valence-electron chi connectivity index (χ3n) is 3.66. The SMILES string of the molecule is CCCn1ccnc1-c1nccn1-c1ccc2c(c1)OCO2. The van der Waals surface area contributed by atoms with E-state index in [9.17, 15) is 0 Å². The number of hydrogen-bond donors (Lipinski definition) is 0. The fraction of sp³-hybridized carbons (Fsp3) is 0.250. The zero-order chi connectivity index (χ0) is 14.9. The predicted octanol–water partition coefficient (Wildman–Crippen LogP) is 2.87. The van der Waals surface area contributed by atoms with Gasteiger partial charge in [-0.25, -0.2) is 9.97 Å². The van der Waals surface area contributed by atoms with E-state index in [-0.39, 0.29) is 6.79 Å². The molecule has 0 bridgehead atoms. The fourth-order valence-electron chi connectivity index (χ4n) is 2.65. The van der Waals surface area contributed by atoms with Crippen LogP contribution in [0.3, 0.4) is 0 Å². The van der Waals surface area contributed by atoms with Crippen LogP contribution in [0.5, 0.6) is 11.5 Å². The van der Waals surface area contributed by atoms with Gasteiger partial charge in [-0.3, -0.25) is 4.57 Å². The lowest BCUT2D eigenvalue weighted by Crippen LogP contribution is -2.04. The highest BCUT2D eigenvalue weighted by Crippen LogP contribution is 2.34. The lowest BCUT2D eigenvalue weighted by Gasteiger charge is -2.10. The van der Waals surface area contributed by atoms with Gasteiger partial charge in [0.15, 0.2) is 23.1 Å². The second-order valence-electron chi connectivity index (χ2n) is 5.10. The summed E-state index contributed by atoms with van der Waals surface area (Å²) < 4.78 is 14.9. The van der Waals surface area contributed by atoms with E-state index in [1.54, 1.807) is 6.20 Å². The van der Waals surface area contributed by atoms with Gasteiger partial charge < -0.3 is 14.0 Å². The standard InChI is InChI=1S/C16H16N4O2/c1-2-7-19-8-5-17-15(19)16-18-6-9-20(16)12-3-4-13-14(10-12)22-11-21-13/h3-6,8-10H,2,7,11H2,1H3. The second kappa shape index (κ2) is 5.22. The third kappa shape index (κ3) is 2.04. The number of rotatable bonds is 4. The number of ether oxygens (including phenoxy) is 2. The highest BCUT2D eigenvalue weighted by Gasteiger charge is 2.17. The first-order chi connectivity index (χ1) is 10.9. The first-order valence-electron chi connectivity index (χ1n) is 7.31. The summed E-state index contributed by atoms with van der Waals surface area (Å²) in [5.41, 5.74) is 0.975. The Labute approximate surface area is 128 Å². The van der Waals surface area contributed by atoms with Crippen molar-refractivity contribution in [2.75, 3.05) is 6.79 Å². The molecule has 3 aromatic rings. The zero-order valence-electron chi connectivity index (χ0n) is 12.3. The van der Waals surface area contributed by atoms with E-state index < -0.39 is 0 Å². The summed E-state index contributed by atoms with van der Waals surface area (Å²) in [4.78, 5) is 8.94. The monoisotopic (exact) mass is 296 g/mol. The average molecular weight is 296 g/mol. The Bertz CT molecular complexity index is 806. The van der Waals surface area contributed by atoms with E-state index in [0.29, 0.717) is 0 Å². The number of benzene rings is 1. The molecule has 112 valence electrons. The molecule has 0 radical (unpaired) electrons. The molecule has 0 saturated heterocycles. The molecule has 6 heteroatoms. The van der Waals surface area contributed by atoms with E-state index in [1.807, 2.05) is 41.4 Å². The van der Waals surface area contributed by atoms with Gasteiger partial charge in [-0.05, 0) is 18.6 Å². The Morgan fingerprint density at radius 3 is 2.77 bits per heavy atom. The third-order valence-corrected chi connectivity index (χ3v) is 3.66. The molecule has 0 N–H and O–H groups in total. The van der Waals surface area contributed by atoms with Gasteiger partial charge in [-0.15, -0.1) is 0 Å². The lowest BCUT2D eigenvalue weighted by molar-refractivity contribution is 0.174. The Balaban J connectivity index is 1.78. The Kier molecular flexibility index (Phi) is 3.07. The van der Waals surface area contributed by atoms with Crippen LogP contribution in [0.4, 0.5) is 0 Å². The van der Waals surface area contributed by atoms with Gasteiger partial charge >= 0.3 is 0 Å². The zero-order valence-corrected chi connectivity index (χ0v) is 12.3. The molecule has 0 saturated carbocycles. The van der Waals surface area contributed by atoms with Crippen LogP contribution in [0.15, 0.2) is 43.0 Å². The maximum Gasteiger partial charge on any atom is 0.231 e. The number of fused-ring (bicyclic) bond motifs is 1. The minimum atomic E-state index is 0.274. The molecule has 2 aromatic heterocycles. The van der Waals surface area contributed by atoms with Gasteiger partial charge in [0.25, 0.3) is 0 Å². The summed E-state index contributed by atoms with van der Waals surface area (Å²) in [6.07, 6.45) is 8.55. The molecule has 4 rings (SSSR count). The molecule has 1 aromatic carbocycles. The van der Waals surface area contributed by atoms with Crippen LogP contribution in [0.2, 0.25) is 0 Å². The normalized spacial score (nSPS) is 12.8. The van der Waals surface area contributed by atoms with E-state index in [1.165, 1.54) is 0 Å². The quantitative estimate of drug-likeness (QED) is 0.743. The molecular weight excluding hydrogens is 280 g/mol. The first-order valence-corrected chi connectivity index (χ1v) is 7.31. The van der Waals surface area contributed by atoms with Crippen LogP contribution in [0.25, 0.3) is 17.3 Å². The highest BCUT2D eigenvalue weighted by atomic mass is 16.7. The molecule has 0 atom stereocenters. The summed E-state index contributed by atoms with van der Waals surface area (Å²) >= 11 is 0. The average Bonchev–Trinajstić information content (AvgIpc) is 3.26. The van der Waals surface area contributed by atoms with Crippen LogP contribution in [0.1, 0.15) is 13.3 Å². The summed E-state index contributed by atoms with van der Waals surface area (Å²) in [5.74, 6) is 3.22. The molecule has 0 unspecified atom stereocenters. The van der Waals surface area contributed by atoms with Crippen LogP contribution in [-0.2, 0) is 6.54 Å². The van der Waals surface area contributed by atoms with Crippen LogP contribution in [0, 0.1) is 0 Å².